The van der Waals surface area contributed by atoms with Gasteiger partial charge in [-0.25, -0.2) is 0 Å². The Morgan fingerprint density at radius 3 is 2.43 bits per heavy atom. The summed E-state index contributed by atoms with van der Waals surface area (Å²) in [5.41, 5.74) is 3.01. The van der Waals surface area contributed by atoms with Gasteiger partial charge in [-0.05, 0) is 37.1 Å². The number of carbonyl (C=O) groups is 2. The summed E-state index contributed by atoms with van der Waals surface area (Å²) in [5, 5.41) is 0. The van der Waals surface area contributed by atoms with Crippen LogP contribution in [0.25, 0.3) is 0 Å². The van der Waals surface area contributed by atoms with E-state index in [1.54, 1.807) is 7.05 Å². The maximum Gasteiger partial charge on any atom is 0.290 e. The van der Waals surface area contributed by atoms with Gasteiger partial charge in [-0.1, -0.05) is 6.07 Å². The van der Waals surface area contributed by atoms with Crippen LogP contribution >= 0.6 is 0 Å². The normalized spacial score (nSPS) is 9.64. The Morgan fingerprint density at radius 1 is 1.29 bits per heavy atom. The zero-order valence-corrected chi connectivity index (χ0v) is 8.57. The summed E-state index contributed by atoms with van der Waals surface area (Å²) in [6.07, 6.45) is 0.315. The largest absolute Gasteiger partial charge is 0.309 e. The van der Waals surface area contributed by atoms with Gasteiger partial charge < -0.3 is 4.90 Å². The Hall–Kier alpha value is -1.64. The van der Waals surface area contributed by atoms with Crippen molar-refractivity contribution in [3.8, 4) is 0 Å². The number of nitrogens with zero attached hydrogens (tertiary/aromatic N) is 1. The van der Waals surface area contributed by atoms with Crippen molar-refractivity contribution in [2.75, 3.05) is 11.9 Å². The number of aldehydes is 1. The molecule has 0 spiro atoms. The monoisotopic (exact) mass is 191 g/mol. The molecule has 0 aromatic heterocycles. The van der Waals surface area contributed by atoms with Gasteiger partial charge in [0.2, 0.25) is 6.29 Å². The first-order chi connectivity index (χ1) is 6.56. The lowest BCUT2D eigenvalue weighted by Gasteiger charge is -2.15. The van der Waals surface area contributed by atoms with E-state index in [2.05, 4.69) is 0 Å². The average Bonchev–Trinajstić information content (AvgIpc) is 2.20. The van der Waals surface area contributed by atoms with Crippen LogP contribution in [0.2, 0.25) is 0 Å². The van der Waals surface area contributed by atoms with E-state index in [0.717, 1.165) is 11.3 Å². The molecule has 0 unspecified atom stereocenters. The van der Waals surface area contributed by atoms with E-state index in [9.17, 15) is 9.59 Å². The number of benzene rings is 1. The van der Waals surface area contributed by atoms with Gasteiger partial charge in [0, 0.05) is 12.7 Å². The van der Waals surface area contributed by atoms with Crippen LogP contribution in [0.5, 0.6) is 0 Å². The van der Waals surface area contributed by atoms with Crippen molar-refractivity contribution in [2.24, 2.45) is 0 Å². The summed E-state index contributed by atoms with van der Waals surface area (Å²) in [6.45, 7) is 3.97. The third-order valence-corrected chi connectivity index (χ3v) is 2.31. The van der Waals surface area contributed by atoms with E-state index < -0.39 is 5.91 Å². The summed E-state index contributed by atoms with van der Waals surface area (Å²) in [4.78, 5) is 22.7. The Balaban J connectivity index is 3.02. The Bertz CT molecular complexity index is 372. The molecule has 0 radical (unpaired) electrons. The van der Waals surface area contributed by atoms with Crippen LogP contribution in [0.4, 0.5) is 5.69 Å². The summed E-state index contributed by atoms with van der Waals surface area (Å²) in [7, 11) is 1.58. The van der Waals surface area contributed by atoms with Crippen LogP contribution in [0.3, 0.4) is 0 Å². The van der Waals surface area contributed by atoms with Gasteiger partial charge in [-0.15, -0.1) is 0 Å². The second-order valence-corrected chi connectivity index (χ2v) is 3.28. The molecule has 0 aliphatic carbocycles. The molecule has 0 aliphatic rings. The van der Waals surface area contributed by atoms with E-state index >= 15 is 0 Å². The number of amides is 1. The summed E-state index contributed by atoms with van der Waals surface area (Å²) < 4.78 is 0. The van der Waals surface area contributed by atoms with Crippen LogP contribution in [-0.4, -0.2) is 19.2 Å². The van der Waals surface area contributed by atoms with Crippen molar-refractivity contribution in [2.45, 2.75) is 13.8 Å². The minimum atomic E-state index is -0.534. The van der Waals surface area contributed by atoms with Crippen LogP contribution in [0.1, 0.15) is 11.1 Å². The quantitative estimate of drug-likeness (QED) is 0.524. The van der Waals surface area contributed by atoms with Gasteiger partial charge in [0.15, 0.2) is 0 Å². The van der Waals surface area contributed by atoms with Crippen LogP contribution < -0.4 is 4.90 Å². The molecule has 1 aromatic carbocycles. The average molecular weight is 191 g/mol. The van der Waals surface area contributed by atoms with Gasteiger partial charge in [0.05, 0.1) is 0 Å². The molecule has 1 amide bonds. The number of rotatable bonds is 2. The number of likely N-dealkylation sites (N-methyl/N-ethyl adjacent to an activating group) is 1. The molecule has 0 heterocycles. The van der Waals surface area contributed by atoms with Crippen LogP contribution in [0.15, 0.2) is 18.2 Å². The first-order valence-corrected chi connectivity index (χ1v) is 4.36. The van der Waals surface area contributed by atoms with Crippen molar-refractivity contribution in [1.29, 1.82) is 0 Å². The molecule has 74 valence electrons. The first kappa shape index (κ1) is 10.4. The minimum absolute atomic E-state index is 0.315. The van der Waals surface area contributed by atoms with Gasteiger partial charge in [-0.3, -0.25) is 9.59 Å². The van der Waals surface area contributed by atoms with E-state index in [1.165, 1.54) is 10.5 Å². The molecule has 3 nitrogen and oxygen atoms in total. The number of anilines is 1. The Labute approximate surface area is 83.3 Å². The standard InChI is InChI=1S/C11H13NO2/c1-8-4-5-10(6-9(8)2)12(3)11(14)7-13/h4-7H,1-3H3. The topological polar surface area (TPSA) is 37.4 Å². The predicted molar refractivity (Wildman–Crippen MR) is 55.4 cm³/mol. The zero-order valence-electron chi connectivity index (χ0n) is 8.57. The van der Waals surface area contributed by atoms with Crippen molar-refractivity contribution < 1.29 is 9.59 Å². The second kappa shape index (κ2) is 4.05. The van der Waals surface area contributed by atoms with Crippen molar-refractivity contribution in [1.82, 2.24) is 0 Å². The van der Waals surface area contributed by atoms with Gasteiger partial charge in [0.25, 0.3) is 5.91 Å². The molecule has 1 aromatic rings. The fraction of sp³-hybridized carbons (Fsp3) is 0.273. The van der Waals surface area contributed by atoms with E-state index in [0.29, 0.717) is 6.29 Å². The highest BCUT2D eigenvalue weighted by atomic mass is 16.2. The fourth-order valence-corrected chi connectivity index (χ4v) is 1.14. The molecule has 3 heteroatoms. The number of hydrogen-bond donors (Lipinski definition) is 0. The lowest BCUT2D eigenvalue weighted by molar-refractivity contribution is -0.129. The second-order valence-electron chi connectivity index (χ2n) is 3.28. The highest BCUT2D eigenvalue weighted by molar-refractivity contribution is 6.30. The lowest BCUT2D eigenvalue weighted by atomic mass is 10.1. The van der Waals surface area contributed by atoms with E-state index in [-0.39, 0.29) is 0 Å². The minimum Gasteiger partial charge on any atom is -0.309 e. The number of hydrogen-bond acceptors (Lipinski definition) is 2. The maximum atomic E-state index is 11.1. The third-order valence-electron chi connectivity index (χ3n) is 2.31. The first-order valence-electron chi connectivity index (χ1n) is 4.36. The lowest BCUT2D eigenvalue weighted by Crippen LogP contribution is -2.26. The van der Waals surface area contributed by atoms with Crippen molar-refractivity contribution in [3.05, 3.63) is 29.3 Å². The zero-order chi connectivity index (χ0) is 10.7. The molecule has 0 atom stereocenters. The molecule has 0 N–H and O–H groups in total. The van der Waals surface area contributed by atoms with Gasteiger partial charge in [0.1, 0.15) is 0 Å². The Kier molecular flexibility index (Phi) is 3.02. The fourth-order valence-electron chi connectivity index (χ4n) is 1.14. The number of aryl methyl sites for hydroxylation is 2. The SMILES string of the molecule is Cc1ccc(N(C)C(=O)C=O)cc1C. The van der Waals surface area contributed by atoms with Crippen LogP contribution in [0, 0.1) is 13.8 Å². The third kappa shape index (κ3) is 1.99. The molecular weight excluding hydrogens is 178 g/mol. The van der Waals surface area contributed by atoms with E-state index in [4.69, 9.17) is 0 Å². The molecular formula is C11H13NO2. The van der Waals surface area contributed by atoms with Gasteiger partial charge in [-0.2, -0.15) is 0 Å². The van der Waals surface area contributed by atoms with Crippen molar-refractivity contribution in [3.63, 3.8) is 0 Å². The molecule has 1 rings (SSSR count). The van der Waals surface area contributed by atoms with Crippen LogP contribution in [-0.2, 0) is 9.59 Å². The van der Waals surface area contributed by atoms with Gasteiger partial charge >= 0.3 is 0 Å². The number of carbonyl (C=O) groups excluding carboxylic acids is 2. The van der Waals surface area contributed by atoms with Crippen molar-refractivity contribution >= 4 is 17.9 Å². The molecule has 14 heavy (non-hydrogen) atoms. The highest BCUT2D eigenvalue weighted by Crippen LogP contribution is 2.17. The molecule has 0 saturated carbocycles. The molecule has 0 aliphatic heterocycles. The maximum absolute atomic E-state index is 11.1. The highest BCUT2D eigenvalue weighted by Gasteiger charge is 2.09. The summed E-state index contributed by atoms with van der Waals surface area (Å²) in [5.74, 6) is -0.534. The molecule has 0 fully saturated rings. The predicted octanol–water partition coefficient (Wildman–Crippen LogP) is 1.47. The molecule has 0 bridgehead atoms. The molecule has 0 saturated heterocycles. The summed E-state index contributed by atoms with van der Waals surface area (Å²) in [6, 6.07) is 5.64. The smallest absolute Gasteiger partial charge is 0.290 e. The summed E-state index contributed by atoms with van der Waals surface area (Å²) >= 11 is 0. The van der Waals surface area contributed by atoms with E-state index in [1.807, 2.05) is 32.0 Å². The Morgan fingerprint density at radius 2 is 1.93 bits per heavy atom.